The van der Waals surface area contributed by atoms with Crippen molar-refractivity contribution in [2.75, 3.05) is 0 Å². The van der Waals surface area contributed by atoms with Gasteiger partial charge in [-0.05, 0) is 10.8 Å². The zero-order valence-electron chi connectivity index (χ0n) is 9.47. The average molecular weight is 184 g/mol. The first kappa shape index (κ1) is 9.47. The fourth-order valence-corrected chi connectivity index (χ4v) is 2.15. The van der Waals surface area contributed by atoms with E-state index in [0.717, 1.165) is 0 Å². The summed E-state index contributed by atoms with van der Waals surface area (Å²) in [6.07, 6.45) is 0.591. The monoisotopic (exact) mass is 184 g/mol. The molecule has 2 unspecified atom stereocenters. The average Bonchev–Trinajstić information content (AvgIpc) is 2.67. The van der Waals surface area contributed by atoms with Gasteiger partial charge in [0.2, 0.25) is 5.79 Å². The Labute approximate surface area is 80.6 Å². The molecule has 2 fully saturated rings. The van der Waals surface area contributed by atoms with Crippen LogP contribution in [0.5, 0.6) is 0 Å². The van der Waals surface area contributed by atoms with Gasteiger partial charge in [-0.2, -0.15) is 0 Å². The fourth-order valence-electron chi connectivity index (χ4n) is 2.15. The molecule has 1 spiro atoms. The van der Waals surface area contributed by atoms with Crippen LogP contribution in [0.3, 0.4) is 0 Å². The summed E-state index contributed by atoms with van der Waals surface area (Å²) in [4.78, 5) is 0. The molecule has 0 saturated carbocycles. The SMILES string of the molecule is CC(C)(C)C1OC12O[C@H]2C(C)(C)C. The van der Waals surface area contributed by atoms with E-state index >= 15 is 0 Å². The Morgan fingerprint density at radius 2 is 1.08 bits per heavy atom. The van der Waals surface area contributed by atoms with Crippen LogP contribution in [-0.4, -0.2) is 18.0 Å². The summed E-state index contributed by atoms with van der Waals surface area (Å²) in [5, 5.41) is 0. The third kappa shape index (κ3) is 1.31. The Morgan fingerprint density at radius 1 is 0.769 bits per heavy atom. The molecular formula is C11H20O2. The molecule has 0 amide bonds. The summed E-state index contributed by atoms with van der Waals surface area (Å²) in [6, 6.07) is 0. The first-order valence-electron chi connectivity index (χ1n) is 5.03. The lowest BCUT2D eigenvalue weighted by atomic mass is 9.84. The molecule has 2 aliphatic heterocycles. The van der Waals surface area contributed by atoms with Gasteiger partial charge in [0.1, 0.15) is 12.2 Å². The molecule has 13 heavy (non-hydrogen) atoms. The van der Waals surface area contributed by atoms with Crippen LogP contribution in [-0.2, 0) is 9.47 Å². The second-order valence-electron chi connectivity index (χ2n) is 6.45. The molecule has 0 N–H and O–H groups in total. The van der Waals surface area contributed by atoms with Gasteiger partial charge in [0.25, 0.3) is 0 Å². The highest BCUT2D eigenvalue weighted by Crippen LogP contribution is 2.65. The summed E-state index contributed by atoms with van der Waals surface area (Å²) in [6.45, 7) is 13.2. The standard InChI is InChI=1S/C11H20O2/c1-9(2,3)7-11(12-7)8(13-11)10(4,5)6/h7-8H,1-6H3/t7-,8?,11?/m0/s1. The highest BCUT2D eigenvalue weighted by molar-refractivity contribution is 5.18. The maximum absolute atomic E-state index is 5.70. The van der Waals surface area contributed by atoms with Crippen molar-refractivity contribution in [2.45, 2.75) is 59.5 Å². The van der Waals surface area contributed by atoms with Gasteiger partial charge in [-0.15, -0.1) is 0 Å². The van der Waals surface area contributed by atoms with Gasteiger partial charge in [0, 0.05) is 0 Å². The smallest absolute Gasteiger partial charge is 0.224 e. The molecule has 3 atom stereocenters. The molecular weight excluding hydrogens is 164 g/mol. The zero-order chi connectivity index (χ0) is 10.1. The van der Waals surface area contributed by atoms with Gasteiger partial charge in [-0.3, -0.25) is 0 Å². The van der Waals surface area contributed by atoms with Crippen molar-refractivity contribution in [1.29, 1.82) is 0 Å². The van der Waals surface area contributed by atoms with Crippen molar-refractivity contribution >= 4 is 0 Å². The first-order chi connectivity index (χ1) is 5.68. The highest BCUT2D eigenvalue weighted by Gasteiger charge is 2.81. The summed E-state index contributed by atoms with van der Waals surface area (Å²) >= 11 is 0. The van der Waals surface area contributed by atoms with Crippen molar-refractivity contribution < 1.29 is 9.47 Å². The predicted octanol–water partition coefficient (Wildman–Crippen LogP) is 2.57. The molecule has 0 aliphatic carbocycles. The summed E-state index contributed by atoms with van der Waals surface area (Å²) < 4.78 is 11.4. The molecule has 0 aromatic rings. The van der Waals surface area contributed by atoms with E-state index in [1.54, 1.807) is 0 Å². The lowest BCUT2D eigenvalue weighted by Gasteiger charge is -2.15. The topological polar surface area (TPSA) is 25.1 Å². The summed E-state index contributed by atoms with van der Waals surface area (Å²) in [5.41, 5.74) is 0.417. The molecule has 76 valence electrons. The van der Waals surface area contributed by atoms with Crippen molar-refractivity contribution in [3.05, 3.63) is 0 Å². The van der Waals surface area contributed by atoms with Gasteiger partial charge in [-0.25, -0.2) is 0 Å². The number of ether oxygens (including phenoxy) is 2. The van der Waals surface area contributed by atoms with Crippen LogP contribution in [0, 0.1) is 10.8 Å². The minimum atomic E-state index is -0.198. The molecule has 0 aromatic carbocycles. The van der Waals surface area contributed by atoms with Crippen LogP contribution < -0.4 is 0 Å². The molecule has 2 saturated heterocycles. The van der Waals surface area contributed by atoms with Gasteiger partial charge >= 0.3 is 0 Å². The minimum absolute atomic E-state index is 0.198. The van der Waals surface area contributed by atoms with Crippen LogP contribution in [0.4, 0.5) is 0 Å². The quantitative estimate of drug-likeness (QED) is 0.540. The number of epoxide rings is 2. The van der Waals surface area contributed by atoms with E-state index in [9.17, 15) is 0 Å². The molecule has 0 radical (unpaired) electrons. The summed E-state index contributed by atoms with van der Waals surface area (Å²) in [5.74, 6) is -0.198. The van der Waals surface area contributed by atoms with E-state index < -0.39 is 0 Å². The Balaban J connectivity index is 2.02. The van der Waals surface area contributed by atoms with Crippen molar-refractivity contribution in [2.24, 2.45) is 10.8 Å². The summed E-state index contributed by atoms with van der Waals surface area (Å²) in [7, 11) is 0. The largest absolute Gasteiger partial charge is 0.336 e. The normalized spacial score (nSPS) is 43.8. The number of rotatable bonds is 0. The van der Waals surface area contributed by atoms with Crippen LogP contribution in [0.2, 0.25) is 0 Å². The Bertz CT molecular complexity index is 205. The second-order valence-corrected chi connectivity index (χ2v) is 6.45. The van der Waals surface area contributed by atoms with Crippen molar-refractivity contribution in [1.82, 2.24) is 0 Å². The van der Waals surface area contributed by atoms with Gasteiger partial charge in [-0.1, -0.05) is 41.5 Å². The van der Waals surface area contributed by atoms with E-state index in [0.29, 0.717) is 12.2 Å². The fraction of sp³-hybridized carbons (Fsp3) is 1.00. The second kappa shape index (κ2) is 2.12. The molecule has 0 bridgehead atoms. The molecule has 2 rings (SSSR count). The van der Waals surface area contributed by atoms with Gasteiger partial charge < -0.3 is 9.47 Å². The minimum Gasteiger partial charge on any atom is -0.336 e. The Hall–Kier alpha value is -0.0800. The third-order valence-corrected chi connectivity index (χ3v) is 2.79. The molecule has 2 nitrogen and oxygen atoms in total. The Morgan fingerprint density at radius 3 is 1.23 bits per heavy atom. The predicted molar refractivity (Wildman–Crippen MR) is 51.4 cm³/mol. The van der Waals surface area contributed by atoms with Crippen LogP contribution >= 0.6 is 0 Å². The van der Waals surface area contributed by atoms with Crippen LogP contribution in [0.15, 0.2) is 0 Å². The third-order valence-electron chi connectivity index (χ3n) is 2.79. The molecule has 0 aromatic heterocycles. The number of hydrogen-bond acceptors (Lipinski definition) is 2. The van der Waals surface area contributed by atoms with E-state index in [2.05, 4.69) is 41.5 Å². The van der Waals surface area contributed by atoms with Crippen LogP contribution in [0.1, 0.15) is 41.5 Å². The van der Waals surface area contributed by atoms with Crippen molar-refractivity contribution in [3.8, 4) is 0 Å². The lowest BCUT2D eigenvalue weighted by Crippen LogP contribution is -2.23. The lowest BCUT2D eigenvalue weighted by molar-refractivity contribution is 0.220. The van der Waals surface area contributed by atoms with E-state index in [1.165, 1.54) is 0 Å². The van der Waals surface area contributed by atoms with E-state index in [-0.39, 0.29) is 16.6 Å². The number of hydrogen-bond donors (Lipinski definition) is 0. The zero-order valence-corrected chi connectivity index (χ0v) is 9.47. The maximum atomic E-state index is 5.70. The first-order valence-corrected chi connectivity index (χ1v) is 5.03. The van der Waals surface area contributed by atoms with Crippen molar-refractivity contribution in [3.63, 3.8) is 0 Å². The van der Waals surface area contributed by atoms with Gasteiger partial charge in [0.15, 0.2) is 0 Å². The highest BCUT2D eigenvalue weighted by atomic mass is 16.9. The van der Waals surface area contributed by atoms with Gasteiger partial charge in [0.05, 0.1) is 0 Å². The molecule has 2 heterocycles. The molecule has 2 aliphatic rings. The van der Waals surface area contributed by atoms with E-state index in [1.807, 2.05) is 0 Å². The van der Waals surface area contributed by atoms with E-state index in [4.69, 9.17) is 9.47 Å². The van der Waals surface area contributed by atoms with Crippen LogP contribution in [0.25, 0.3) is 0 Å². The maximum Gasteiger partial charge on any atom is 0.224 e. The molecule has 2 heteroatoms. The Kier molecular flexibility index (Phi) is 1.54.